The predicted octanol–water partition coefficient (Wildman–Crippen LogP) is 4.78. The Morgan fingerprint density at radius 3 is 2.65 bits per heavy atom. The smallest absolute Gasteiger partial charge is 0.137 e. The Kier molecular flexibility index (Phi) is 5.85. The number of nitrogens with zero attached hydrogens (tertiary/aromatic N) is 1. The highest BCUT2D eigenvalue weighted by molar-refractivity contribution is 5.93. The number of hydrogen-bond acceptors (Lipinski definition) is 3. The van der Waals surface area contributed by atoms with Crippen LogP contribution in [-0.2, 0) is 13.1 Å². The van der Waals surface area contributed by atoms with Gasteiger partial charge < -0.3 is 15.4 Å². The van der Waals surface area contributed by atoms with Gasteiger partial charge >= 0.3 is 0 Å². The highest BCUT2D eigenvalue weighted by Crippen LogP contribution is 2.28. The van der Waals surface area contributed by atoms with Gasteiger partial charge in [-0.05, 0) is 66.4 Å². The first-order valence-corrected chi connectivity index (χ1v) is 10.2. The number of benzene rings is 2. The van der Waals surface area contributed by atoms with Crippen molar-refractivity contribution >= 4 is 11.0 Å². The molecule has 2 heterocycles. The summed E-state index contributed by atoms with van der Waals surface area (Å²) in [7, 11) is 0. The molecule has 156 valence electrons. The summed E-state index contributed by atoms with van der Waals surface area (Å²) in [6, 6.07) is 16.6. The third-order valence-corrected chi connectivity index (χ3v) is 4.94. The van der Waals surface area contributed by atoms with Gasteiger partial charge in [0.2, 0.25) is 0 Å². The largest absolute Gasteiger partial charge is 0.378 e. The molecule has 0 saturated carbocycles. The summed E-state index contributed by atoms with van der Waals surface area (Å²) in [6.07, 6.45) is 3.67. The molecule has 4 nitrogen and oxygen atoms in total. The van der Waals surface area contributed by atoms with E-state index in [2.05, 4.69) is 45.3 Å². The number of hydrogen-bond donors (Lipinski definition) is 3. The van der Waals surface area contributed by atoms with Gasteiger partial charge in [-0.1, -0.05) is 36.1 Å². The standard InChI is InChI=1S/C26H24FN3O/c1-26(2,31)12-9-19-15-20(23-10-13-29-25-24(23)11-14-30-25)5-6-21(19)17-28-16-18-3-7-22(27)8-4-18/h3-8,10-11,13-15,28,31H,16-17H2,1-2H3,(H,29,30). The zero-order valence-corrected chi connectivity index (χ0v) is 17.5. The number of aliphatic hydroxyl groups is 1. The first kappa shape index (κ1) is 20.8. The molecule has 4 rings (SSSR count). The fraction of sp³-hybridized carbons (Fsp3) is 0.192. The Morgan fingerprint density at radius 2 is 1.87 bits per heavy atom. The first-order valence-electron chi connectivity index (χ1n) is 10.2. The lowest BCUT2D eigenvalue weighted by Gasteiger charge is -2.12. The lowest BCUT2D eigenvalue weighted by molar-refractivity contribution is 0.143. The van der Waals surface area contributed by atoms with E-state index in [1.165, 1.54) is 12.1 Å². The molecular formula is C26H24FN3O. The van der Waals surface area contributed by atoms with E-state index >= 15 is 0 Å². The van der Waals surface area contributed by atoms with Crippen LogP contribution in [0.25, 0.3) is 22.2 Å². The number of pyridine rings is 1. The minimum Gasteiger partial charge on any atom is -0.378 e. The van der Waals surface area contributed by atoms with Gasteiger partial charge in [0.15, 0.2) is 0 Å². The molecule has 5 heteroatoms. The second kappa shape index (κ2) is 8.73. The van der Waals surface area contributed by atoms with Crippen molar-refractivity contribution < 1.29 is 9.50 Å². The Morgan fingerprint density at radius 1 is 1.06 bits per heavy atom. The molecule has 0 bridgehead atoms. The Labute approximate surface area is 181 Å². The molecule has 0 radical (unpaired) electrons. The monoisotopic (exact) mass is 413 g/mol. The van der Waals surface area contributed by atoms with Crippen LogP contribution < -0.4 is 5.32 Å². The number of aromatic amines is 1. The summed E-state index contributed by atoms with van der Waals surface area (Å²) in [6.45, 7) is 4.56. The molecule has 0 aliphatic heterocycles. The molecule has 2 aromatic heterocycles. The molecule has 3 N–H and O–H groups in total. The van der Waals surface area contributed by atoms with Crippen molar-refractivity contribution in [2.24, 2.45) is 0 Å². The first-order chi connectivity index (χ1) is 14.9. The fourth-order valence-electron chi connectivity index (χ4n) is 3.39. The van der Waals surface area contributed by atoms with E-state index in [0.29, 0.717) is 13.1 Å². The number of halogens is 1. The minimum atomic E-state index is -1.08. The van der Waals surface area contributed by atoms with Crippen molar-refractivity contribution in [3.63, 3.8) is 0 Å². The van der Waals surface area contributed by atoms with Crippen LogP contribution in [0.3, 0.4) is 0 Å². The molecule has 0 spiro atoms. The summed E-state index contributed by atoms with van der Waals surface area (Å²) < 4.78 is 13.1. The van der Waals surface area contributed by atoms with Crippen molar-refractivity contribution in [1.29, 1.82) is 0 Å². The van der Waals surface area contributed by atoms with Crippen molar-refractivity contribution in [1.82, 2.24) is 15.3 Å². The van der Waals surface area contributed by atoms with Gasteiger partial charge in [0.1, 0.15) is 17.1 Å². The molecule has 4 aromatic rings. The third-order valence-electron chi connectivity index (χ3n) is 4.94. The summed E-state index contributed by atoms with van der Waals surface area (Å²) in [5, 5.41) is 14.5. The number of fused-ring (bicyclic) bond motifs is 1. The molecule has 0 fully saturated rings. The van der Waals surface area contributed by atoms with E-state index in [9.17, 15) is 9.50 Å². The van der Waals surface area contributed by atoms with Gasteiger partial charge in [0.25, 0.3) is 0 Å². The normalized spacial score (nSPS) is 11.4. The van der Waals surface area contributed by atoms with Crippen molar-refractivity contribution in [3.05, 3.63) is 89.5 Å². The van der Waals surface area contributed by atoms with Crippen molar-refractivity contribution in [2.45, 2.75) is 32.5 Å². The van der Waals surface area contributed by atoms with Crippen LogP contribution in [0.15, 0.2) is 67.0 Å². The second-order valence-corrected chi connectivity index (χ2v) is 8.01. The average molecular weight is 413 g/mol. The number of aromatic nitrogens is 2. The number of rotatable bonds is 5. The minimum absolute atomic E-state index is 0.240. The van der Waals surface area contributed by atoms with Crippen LogP contribution in [0, 0.1) is 17.7 Å². The molecule has 0 unspecified atom stereocenters. The van der Waals surface area contributed by atoms with Gasteiger partial charge in [-0.25, -0.2) is 9.37 Å². The maximum Gasteiger partial charge on any atom is 0.137 e. The topological polar surface area (TPSA) is 60.9 Å². The third kappa shape index (κ3) is 5.18. The summed E-state index contributed by atoms with van der Waals surface area (Å²) in [4.78, 5) is 7.50. The van der Waals surface area contributed by atoms with E-state index in [0.717, 1.165) is 38.9 Å². The van der Waals surface area contributed by atoms with Crippen LogP contribution in [-0.4, -0.2) is 20.7 Å². The molecular weight excluding hydrogens is 389 g/mol. The number of nitrogens with one attached hydrogen (secondary N) is 2. The van der Waals surface area contributed by atoms with E-state index in [4.69, 9.17) is 0 Å². The van der Waals surface area contributed by atoms with E-state index in [1.807, 2.05) is 18.3 Å². The van der Waals surface area contributed by atoms with Crippen LogP contribution >= 0.6 is 0 Å². The lowest BCUT2D eigenvalue weighted by Crippen LogP contribution is -2.15. The van der Waals surface area contributed by atoms with Crippen LogP contribution in [0.5, 0.6) is 0 Å². The zero-order chi connectivity index (χ0) is 21.8. The molecule has 31 heavy (non-hydrogen) atoms. The van der Waals surface area contributed by atoms with Crippen molar-refractivity contribution in [3.8, 4) is 23.0 Å². The Balaban J connectivity index is 1.63. The summed E-state index contributed by atoms with van der Waals surface area (Å²) >= 11 is 0. The van der Waals surface area contributed by atoms with Crippen LogP contribution in [0.1, 0.15) is 30.5 Å². The summed E-state index contributed by atoms with van der Waals surface area (Å²) in [5.41, 5.74) is 4.76. The Hall–Kier alpha value is -3.46. The predicted molar refractivity (Wildman–Crippen MR) is 122 cm³/mol. The molecule has 0 aliphatic carbocycles. The molecule has 0 amide bonds. The van der Waals surface area contributed by atoms with Crippen LogP contribution in [0.4, 0.5) is 4.39 Å². The SMILES string of the molecule is CC(C)(O)C#Cc1cc(-c2ccnc3[nH]ccc23)ccc1CNCc1ccc(F)cc1. The molecule has 0 saturated heterocycles. The van der Waals surface area contributed by atoms with E-state index in [1.54, 1.807) is 32.2 Å². The number of H-pyrrole nitrogens is 1. The summed E-state index contributed by atoms with van der Waals surface area (Å²) in [5.74, 6) is 5.83. The highest BCUT2D eigenvalue weighted by atomic mass is 19.1. The maximum absolute atomic E-state index is 13.1. The zero-order valence-electron chi connectivity index (χ0n) is 17.5. The molecule has 0 aliphatic rings. The van der Waals surface area contributed by atoms with Gasteiger partial charge in [-0.2, -0.15) is 0 Å². The Bertz CT molecular complexity index is 1260. The molecule has 0 atom stereocenters. The second-order valence-electron chi connectivity index (χ2n) is 8.01. The van der Waals surface area contributed by atoms with E-state index < -0.39 is 5.60 Å². The van der Waals surface area contributed by atoms with Gasteiger partial charge in [-0.3, -0.25) is 0 Å². The fourth-order valence-corrected chi connectivity index (χ4v) is 3.39. The quantitative estimate of drug-likeness (QED) is 0.413. The molecule has 2 aromatic carbocycles. The average Bonchev–Trinajstić information content (AvgIpc) is 3.23. The highest BCUT2D eigenvalue weighted by Gasteiger charge is 2.10. The lowest BCUT2D eigenvalue weighted by atomic mass is 9.97. The van der Waals surface area contributed by atoms with Crippen LogP contribution in [0.2, 0.25) is 0 Å². The maximum atomic E-state index is 13.1. The van der Waals surface area contributed by atoms with Gasteiger partial charge in [0.05, 0.1) is 0 Å². The van der Waals surface area contributed by atoms with E-state index in [-0.39, 0.29) is 5.82 Å². The van der Waals surface area contributed by atoms with Gasteiger partial charge in [0, 0.05) is 36.4 Å². The van der Waals surface area contributed by atoms with Gasteiger partial charge in [-0.15, -0.1) is 0 Å². The van der Waals surface area contributed by atoms with Crippen molar-refractivity contribution in [2.75, 3.05) is 0 Å².